The van der Waals surface area contributed by atoms with Gasteiger partial charge in [0.05, 0.1) is 23.6 Å². The Morgan fingerprint density at radius 1 is 1.21 bits per heavy atom. The second-order valence-corrected chi connectivity index (χ2v) is 7.28. The van der Waals surface area contributed by atoms with Crippen molar-refractivity contribution in [1.82, 2.24) is 4.90 Å². The van der Waals surface area contributed by atoms with Gasteiger partial charge in [0.1, 0.15) is 11.3 Å². The van der Waals surface area contributed by atoms with Crippen molar-refractivity contribution in [2.24, 2.45) is 0 Å². The number of hydrogen-bond acceptors (Lipinski definition) is 4. The van der Waals surface area contributed by atoms with Crippen molar-refractivity contribution in [1.29, 1.82) is 0 Å². The maximum atomic E-state index is 13.5. The zero-order valence-corrected chi connectivity index (χ0v) is 16.8. The number of hydrogen-bond donors (Lipinski definition) is 0. The van der Waals surface area contributed by atoms with Gasteiger partial charge in [0.15, 0.2) is 5.43 Å². The fourth-order valence-corrected chi connectivity index (χ4v) is 4.13. The van der Waals surface area contributed by atoms with Crippen LogP contribution in [-0.4, -0.2) is 24.0 Å². The van der Waals surface area contributed by atoms with Crippen molar-refractivity contribution in [2.75, 3.05) is 13.2 Å². The summed E-state index contributed by atoms with van der Waals surface area (Å²) in [5.74, 6) is 0.507. The normalized spacial score (nSPS) is 15.6. The molecule has 4 rings (SSSR count). The summed E-state index contributed by atoms with van der Waals surface area (Å²) in [6.07, 6.45) is 1.66. The summed E-state index contributed by atoms with van der Waals surface area (Å²) < 4.78 is 11.6. The second-order valence-electron chi connectivity index (χ2n) is 7.28. The second kappa shape index (κ2) is 7.24. The van der Waals surface area contributed by atoms with Crippen molar-refractivity contribution in [3.05, 3.63) is 87.3 Å². The molecule has 0 spiro atoms. The Labute approximate surface area is 169 Å². The Morgan fingerprint density at radius 3 is 2.72 bits per heavy atom. The number of ether oxygens (including phenoxy) is 1. The van der Waals surface area contributed by atoms with Crippen molar-refractivity contribution >= 4 is 16.9 Å². The monoisotopic (exact) mass is 389 g/mol. The summed E-state index contributed by atoms with van der Waals surface area (Å²) in [7, 11) is 0. The lowest BCUT2D eigenvalue weighted by molar-refractivity contribution is 0.0748. The molecule has 1 aliphatic rings. The number of aryl methyl sites for hydroxylation is 2. The van der Waals surface area contributed by atoms with E-state index in [2.05, 4.69) is 6.58 Å². The number of amides is 1. The van der Waals surface area contributed by atoms with Gasteiger partial charge in [-0.1, -0.05) is 24.3 Å². The molecule has 0 N–H and O–H groups in total. The van der Waals surface area contributed by atoms with Crippen LogP contribution in [0.3, 0.4) is 0 Å². The highest BCUT2D eigenvalue weighted by molar-refractivity contribution is 5.99. The number of fused-ring (bicyclic) bond motifs is 2. The molecule has 148 valence electrons. The maximum Gasteiger partial charge on any atom is 0.291 e. The Hall–Kier alpha value is -3.34. The highest BCUT2D eigenvalue weighted by Gasteiger charge is 2.42. The molecule has 3 aromatic rings. The first-order chi connectivity index (χ1) is 14.0. The van der Waals surface area contributed by atoms with Crippen LogP contribution in [0.2, 0.25) is 0 Å². The summed E-state index contributed by atoms with van der Waals surface area (Å²) in [5, 5.41) is 0.522. The minimum Gasteiger partial charge on any atom is -0.494 e. The smallest absolute Gasteiger partial charge is 0.291 e. The van der Waals surface area contributed by atoms with Gasteiger partial charge in [-0.2, -0.15) is 0 Å². The van der Waals surface area contributed by atoms with E-state index in [1.54, 1.807) is 17.0 Å². The molecule has 2 aromatic carbocycles. The van der Waals surface area contributed by atoms with Gasteiger partial charge >= 0.3 is 0 Å². The lowest BCUT2D eigenvalue weighted by Crippen LogP contribution is -2.29. The van der Waals surface area contributed by atoms with Crippen molar-refractivity contribution in [3.63, 3.8) is 0 Å². The van der Waals surface area contributed by atoms with Gasteiger partial charge in [-0.05, 0) is 55.7 Å². The van der Waals surface area contributed by atoms with E-state index in [-0.39, 0.29) is 17.1 Å². The number of carbonyl (C=O) groups excluding carboxylic acids is 1. The van der Waals surface area contributed by atoms with Gasteiger partial charge in [0, 0.05) is 6.54 Å². The van der Waals surface area contributed by atoms with Crippen molar-refractivity contribution in [2.45, 2.75) is 26.8 Å². The molecule has 0 fully saturated rings. The van der Waals surface area contributed by atoms with E-state index in [0.29, 0.717) is 35.4 Å². The number of nitrogens with zero attached hydrogens (tertiary/aromatic N) is 1. The lowest BCUT2D eigenvalue weighted by atomic mass is 9.96. The fourth-order valence-electron chi connectivity index (χ4n) is 4.13. The van der Waals surface area contributed by atoms with Crippen molar-refractivity contribution in [3.8, 4) is 5.75 Å². The molecular formula is C24H23NO4. The maximum absolute atomic E-state index is 13.5. The van der Waals surface area contributed by atoms with Gasteiger partial charge in [0.2, 0.25) is 5.76 Å². The van der Waals surface area contributed by atoms with Crippen LogP contribution in [0.15, 0.2) is 58.3 Å². The van der Waals surface area contributed by atoms with E-state index in [9.17, 15) is 9.59 Å². The van der Waals surface area contributed by atoms with E-state index < -0.39 is 6.04 Å². The Kier molecular flexibility index (Phi) is 4.74. The third kappa shape index (κ3) is 3.03. The van der Waals surface area contributed by atoms with Crippen LogP contribution in [0.1, 0.15) is 45.8 Å². The number of rotatable bonds is 5. The molecule has 29 heavy (non-hydrogen) atoms. The average Bonchev–Trinajstić information content (AvgIpc) is 2.95. The van der Waals surface area contributed by atoms with E-state index in [0.717, 1.165) is 16.7 Å². The van der Waals surface area contributed by atoms with E-state index in [4.69, 9.17) is 9.15 Å². The minimum atomic E-state index is -0.544. The van der Waals surface area contributed by atoms with Crippen LogP contribution in [0.4, 0.5) is 0 Å². The standard InChI is InChI=1S/C24H23NO4/c1-5-10-25-21(16-8-7-9-17(13-16)28-6-2)20-22(26)19-15(4)11-14(3)12-18(19)29-23(20)24(25)27/h5,7-9,11-13,21H,1,6,10H2,2-4H3. The summed E-state index contributed by atoms with van der Waals surface area (Å²) in [6, 6.07) is 10.7. The number of carbonyl (C=O) groups is 1. The third-order valence-electron chi connectivity index (χ3n) is 5.22. The molecule has 1 atom stereocenters. The quantitative estimate of drug-likeness (QED) is 0.601. The van der Waals surface area contributed by atoms with Gasteiger partial charge in [-0.25, -0.2) is 0 Å². The molecule has 0 bridgehead atoms. The highest BCUT2D eigenvalue weighted by Crippen LogP contribution is 2.39. The molecule has 1 unspecified atom stereocenters. The zero-order valence-electron chi connectivity index (χ0n) is 16.8. The molecule has 1 aliphatic heterocycles. The van der Waals surface area contributed by atoms with Gasteiger partial charge in [-0.3, -0.25) is 9.59 Å². The van der Waals surface area contributed by atoms with Gasteiger partial charge in [0.25, 0.3) is 5.91 Å². The van der Waals surface area contributed by atoms with Crippen molar-refractivity contribution < 1.29 is 13.9 Å². The predicted molar refractivity (Wildman–Crippen MR) is 113 cm³/mol. The van der Waals surface area contributed by atoms with E-state index >= 15 is 0 Å². The molecular weight excluding hydrogens is 366 g/mol. The van der Waals surface area contributed by atoms with Crippen LogP contribution in [0.5, 0.6) is 5.75 Å². The largest absolute Gasteiger partial charge is 0.494 e. The number of benzene rings is 2. The first-order valence-corrected chi connectivity index (χ1v) is 9.68. The molecule has 5 heteroatoms. The third-order valence-corrected chi connectivity index (χ3v) is 5.22. The van der Waals surface area contributed by atoms with Crippen LogP contribution < -0.4 is 10.2 Å². The van der Waals surface area contributed by atoms with Gasteiger partial charge < -0.3 is 14.1 Å². The Morgan fingerprint density at radius 2 is 2.00 bits per heavy atom. The van der Waals surface area contributed by atoms with Crippen LogP contribution >= 0.6 is 0 Å². The predicted octanol–water partition coefficient (Wildman–Crippen LogP) is 4.54. The average molecular weight is 389 g/mol. The Balaban J connectivity index is 2.01. The molecule has 0 saturated carbocycles. The molecule has 0 aliphatic carbocycles. The Bertz CT molecular complexity index is 1190. The topological polar surface area (TPSA) is 59.8 Å². The SMILES string of the molecule is C=CCN1C(=O)c2oc3cc(C)cc(C)c3c(=O)c2C1c1cccc(OCC)c1. The molecule has 1 amide bonds. The molecule has 0 saturated heterocycles. The van der Waals surface area contributed by atoms with E-state index in [1.807, 2.05) is 51.1 Å². The molecule has 2 heterocycles. The summed E-state index contributed by atoms with van der Waals surface area (Å²) >= 11 is 0. The molecule has 0 radical (unpaired) electrons. The zero-order chi connectivity index (χ0) is 20.7. The van der Waals surface area contributed by atoms with Crippen LogP contribution in [0.25, 0.3) is 11.0 Å². The minimum absolute atomic E-state index is 0.112. The summed E-state index contributed by atoms with van der Waals surface area (Å²) in [5.41, 5.74) is 3.29. The van der Waals surface area contributed by atoms with E-state index in [1.165, 1.54) is 0 Å². The first kappa shape index (κ1) is 19.0. The first-order valence-electron chi connectivity index (χ1n) is 9.68. The van der Waals surface area contributed by atoms with Crippen LogP contribution in [0, 0.1) is 13.8 Å². The molecule has 5 nitrogen and oxygen atoms in total. The summed E-state index contributed by atoms with van der Waals surface area (Å²) in [4.78, 5) is 28.3. The van der Waals surface area contributed by atoms with Gasteiger partial charge in [-0.15, -0.1) is 6.58 Å². The summed E-state index contributed by atoms with van der Waals surface area (Å²) in [6.45, 7) is 10.4. The van der Waals surface area contributed by atoms with Crippen LogP contribution in [-0.2, 0) is 0 Å². The highest BCUT2D eigenvalue weighted by atomic mass is 16.5. The fraction of sp³-hybridized carbons (Fsp3) is 0.250. The lowest BCUT2D eigenvalue weighted by Gasteiger charge is -2.24. The molecule has 1 aromatic heterocycles.